The molecule has 1 saturated heterocycles. The summed E-state index contributed by atoms with van der Waals surface area (Å²) in [5.41, 5.74) is 0. The quantitative estimate of drug-likeness (QED) is 0.487. The van der Waals surface area contributed by atoms with Crippen molar-refractivity contribution in [2.45, 2.75) is 5.79 Å². The van der Waals surface area contributed by atoms with E-state index in [1.807, 2.05) is 0 Å². The molecular weight excluding hydrogens is 179 g/mol. The zero-order valence-electron chi connectivity index (χ0n) is 5.31. The zero-order valence-corrected chi connectivity index (χ0v) is 6.82. The van der Waals surface area contributed by atoms with Crippen molar-refractivity contribution >= 4 is 23.2 Å². The average molecular weight is 187 g/mol. The van der Waals surface area contributed by atoms with Gasteiger partial charge in [0.15, 0.2) is 0 Å². The molecule has 0 bridgehead atoms. The summed E-state index contributed by atoms with van der Waals surface area (Å²) in [7, 11) is 0. The second kappa shape index (κ2) is 3.74. The lowest BCUT2D eigenvalue weighted by atomic mass is 10.2. The maximum absolute atomic E-state index is 5.33. The second-order valence-corrected chi connectivity index (χ2v) is 2.35. The molecule has 0 radical (unpaired) electrons. The van der Waals surface area contributed by atoms with Gasteiger partial charge in [0.25, 0.3) is 0 Å². The molecule has 10 heavy (non-hydrogen) atoms. The first-order valence-corrected chi connectivity index (χ1v) is 3.87. The normalized spacial score (nSPS) is 22.2. The summed E-state index contributed by atoms with van der Waals surface area (Å²) in [5, 5.41) is 0. The highest BCUT2D eigenvalue weighted by atomic mass is 35.5. The standard InChI is InChI=1S/C5H8Cl2O3/c6-3-9-5(10-4-7)1-8-2-5/h1-4H2. The van der Waals surface area contributed by atoms with Crippen LogP contribution in [0.1, 0.15) is 0 Å². The second-order valence-electron chi connectivity index (χ2n) is 1.91. The van der Waals surface area contributed by atoms with Gasteiger partial charge in [0.05, 0.1) is 0 Å². The van der Waals surface area contributed by atoms with E-state index in [1.165, 1.54) is 0 Å². The number of hydrogen-bond donors (Lipinski definition) is 0. The molecule has 1 heterocycles. The Balaban J connectivity index is 2.27. The summed E-state index contributed by atoms with van der Waals surface area (Å²) < 4.78 is 15.0. The van der Waals surface area contributed by atoms with E-state index in [4.69, 9.17) is 37.4 Å². The van der Waals surface area contributed by atoms with E-state index < -0.39 is 5.79 Å². The van der Waals surface area contributed by atoms with Crippen molar-refractivity contribution in [2.24, 2.45) is 0 Å². The van der Waals surface area contributed by atoms with Crippen LogP contribution in [0.2, 0.25) is 0 Å². The molecule has 0 saturated carbocycles. The van der Waals surface area contributed by atoms with Gasteiger partial charge in [-0.2, -0.15) is 0 Å². The van der Waals surface area contributed by atoms with Crippen molar-refractivity contribution < 1.29 is 14.2 Å². The molecule has 0 aromatic heterocycles. The van der Waals surface area contributed by atoms with Crippen LogP contribution in [0.15, 0.2) is 0 Å². The minimum atomic E-state index is -0.663. The first kappa shape index (κ1) is 8.56. The molecule has 1 fully saturated rings. The van der Waals surface area contributed by atoms with Crippen LogP contribution in [0.25, 0.3) is 0 Å². The molecule has 0 N–H and O–H groups in total. The summed E-state index contributed by atoms with van der Waals surface area (Å²) in [4.78, 5) is 0. The van der Waals surface area contributed by atoms with E-state index in [0.717, 1.165) is 0 Å². The SMILES string of the molecule is ClCOC1(OCCl)COC1. The molecule has 0 spiro atoms. The smallest absolute Gasteiger partial charge is 0.218 e. The van der Waals surface area contributed by atoms with Gasteiger partial charge >= 0.3 is 0 Å². The van der Waals surface area contributed by atoms with Crippen molar-refractivity contribution in [1.29, 1.82) is 0 Å². The van der Waals surface area contributed by atoms with E-state index in [-0.39, 0.29) is 12.1 Å². The fraction of sp³-hybridized carbons (Fsp3) is 1.00. The Morgan fingerprint density at radius 1 is 1.20 bits per heavy atom. The fourth-order valence-corrected chi connectivity index (χ4v) is 1.07. The lowest BCUT2D eigenvalue weighted by Gasteiger charge is -2.39. The molecule has 0 aliphatic carbocycles. The predicted molar refractivity (Wildman–Crippen MR) is 37.2 cm³/mol. The number of alkyl halides is 2. The van der Waals surface area contributed by atoms with Gasteiger partial charge in [0.2, 0.25) is 5.79 Å². The van der Waals surface area contributed by atoms with E-state index in [1.54, 1.807) is 0 Å². The number of hydrogen-bond acceptors (Lipinski definition) is 3. The number of ether oxygens (including phenoxy) is 3. The number of rotatable bonds is 4. The van der Waals surface area contributed by atoms with Crippen LogP contribution in [0.4, 0.5) is 0 Å². The third-order valence-corrected chi connectivity index (χ3v) is 1.50. The highest BCUT2D eigenvalue weighted by Gasteiger charge is 2.40. The highest BCUT2D eigenvalue weighted by Crippen LogP contribution is 2.23. The van der Waals surface area contributed by atoms with Crippen LogP contribution in [-0.4, -0.2) is 31.1 Å². The molecule has 0 unspecified atom stereocenters. The first-order chi connectivity index (χ1) is 4.83. The first-order valence-electron chi connectivity index (χ1n) is 2.80. The molecule has 5 heteroatoms. The Labute approximate surface area is 69.1 Å². The Bertz CT molecular complexity index is 97.1. The third kappa shape index (κ3) is 1.74. The van der Waals surface area contributed by atoms with E-state index >= 15 is 0 Å². The van der Waals surface area contributed by atoms with Crippen LogP contribution >= 0.6 is 23.2 Å². The van der Waals surface area contributed by atoms with Crippen LogP contribution in [0, 0.1) is 0 Å². The summed E-state index contributed by atoms with van der Waals surface area (Å²) in [6.07, 6.45) is 0. The molecule has 1 rings (SSSR count). The lowest BCUT2D eigenvalue weighted by molar-refractivity contribution is -0.329. The van der Waals surface area contributed by atoms with Gasteiger partial charge in [-0.25, -0.2) is 0 Å². The Morgan fingerprint density at radius 3 is 1.90 bits per heavy atom. The van der Waals surface area contributed by atoms with Crippen LogP contribution in [-0.2, 0) is 14.2 Å². The lowest BCUT2D eigenvalue weighted by Crippen LogP contribution is -2.53. The highest BCUT2D eigenvalue weighted by molar-refractivity contribution is 6.17. The molecule has 1 aliphatic rings. The van der Waals surface area contributed by atoms with Gasteiger partial charge in [-0.1, -0.05) is 23.2 Å². The monoisotopic (exact) mass is 186 g/mol. The van der Waals surface area contributed by atoms with Gasteiger partial charge in [-0.15, -0.1) is 0 Å². The third-order valence-electron chi connectivity index (χ3n) is 1.28. The summed E-state index contributed by atoms with van der Waals surface area (Å²) in [5.74, 6) is -0.663. The molecule has 0 atom stereocenters. The molecular formula is C5H8Cl2O3. The van der Waals surface area contributed by atoms with Gasteiger partial charge in [0.1, 0.15) is 25.3 Å². The van der Waals surface area contributed by atoms with Crippen LogP contribution < -0.4 is 0 Å². The van der Waals surface area contributed by atoms with Crippen molar-refractivity contribution in [1.82, 2.24) is 0 Å². The van der Waals surface area contributed by atoms with Crippen molar-refractivity contribution in [3.05, 3.63) is 0 Å². The van der Waals surface area contributed by atoms with Gasteiger partial charge in [0, 0.05) is 0 Å². The maximum Gasteiger partial charge on any atom is 0.218 e. The summed E-state index contributed by atoms with van der Waals surface area (Å²) >= 11 is 10.7. The zero-order chi connectivity index (χ0) is 7.45. The molecule has 0 amide bonds. The number of halogens is 2. The molecule has 0 aromatic carbocycles. The van der Waals surface area contributed by atoms with Crippen LogP contribution in [0.3, 0.4) is 0 Å². The summed E-state index contributed by atoms with van der Waals surface area (Å²) in [6, 6.07) is 0.195. The van der Waals surface area contributed by atoms with Crippen molar-refractivity contribution in [2.75, 3.05) is 25.3 Å². The van der Waals surface area contributed by atoms with E-state index in [9.17, 15) is 0 Å². The van der Waals surface area contributed by atoms with Gasteiger partial charge in [-0.05, 0) is 0 Å². The molecule has 0 aromatic rings. The Hall–Kier alpha value is 0.460. The van der Waals surface area contributed by atoms with Gasteiger partial charge < -0.3 is 14.2 Å². The Morgan fingerprint density at radius 2 is 1.70 bits per heavy atom. The molecule has 3 nitrogen and oxygen atoms in total. The molecule has 1 aliphatic heterocycles. The van der Waals surface area contributed by atoms with Crippen molar-refractivity contribution in [3.8, 4) is 0 Å². The topological polar surface area (TPSA) is 27.7 Å². The summed E-state index contributed by atoms with van der Waals surface area (Å²) in [6.45, 7) is 0.818. The van der Waals surface area contributed by atoms with E-state index in [0.29, 0.717) is 13.2 Å². The fourth-order valence-electron chi connectivity index (χ4n) is 0.676. The van der Waals surface area contributed by atoms with Gasteiger partial charge in [-0.3, -0.25) is 0 Å². The minimum absolute atomic E-state index is 0.0975. The maximum atomic E-state index is 5.33. The Kier molecular flexibility index (Phi) is 3.20. The average Bonchev–Trinajstić information content (AvgIpc) is 1.84. The van der Waals surface area contributed by atoms with E-state index in [2.05, 4.69) is 0 Å². The van der Waals surface area contributed by atoms with Crippen molar-refractivity contribution in [3.63, 3.8) is 0 Å². The predicted octanol–water partition coefficient (Wildman–Crippen LogP) is 1.14. The van der Waals surface area contributed by atoms with Crippen LogP contribution in [0.5, 0.6) is 0 Å². The largest absolute Gasteiger partial charge is 0.370 e. The minimum Gasteiger partial charge on any atom is -0.370 e. The molecule has 60 valence electrons.